The average Bonchev–Trinajstić information content (AvgIpc) is 3.22. The first kappa shape index (κ1) is 28.0. The van der Waals surface area contributed by atoms with E-state index in [1.54, 1.807) is 6.07 Å². The zero-order chi connectivity index (χ0) is 27.4. The van der Waals surface area contributed by atoms with Crippen molar-refractivity contribution in [2.45, 2.75) is 52.3 Å². The molecule has 0 radical (unpaired) electrons. The maximum atomic E-state index is 11.8. The van der Waals surface area contributed by atoms with Crippen LogP contribution in [0.15, 0.2) is 60.7 Å². The van der Waals surface area contributed by atoms with E-state index < -0.39 is 13.4 Å². The first-order chi connectivity index (χ1) is 18.3. The maximum Gasteiger partial charge on any atom is 0.278 e. The number of hydrogen-bond donors (Lipinski definition) is 0. The minimum absolute atomic E-state index is 0.00382. The van der Waals surface area contributed by atoms with E-state index in [2.05, 4.69) is 80.9 Å². The molecule has 0 heterocycles. The van der Waals surface area contributed by atoms with Gasteiger partial charge in [-0.1, -0.05) is 48.5 Å². The van der Waals surface area contributed by atoms with Crippen LogP contribution < -0.4 is 9.47 Å². The molecule has 1 aliphatic carbocycles. The lowest BCUT2D eigenvalue weighted by molar-refractivity contribution is -0.385. The van der Waals surface area contributed by atoms with Crippen molar-refractivity contribution >= 4 is 14.2 Å². The first-order valence-electron chi connectivity index (χ1n) is 12.7. The van der Waals surface area contributed by atoms with E-state index in [0.717, 1.165) is 0 Å². The highest BCUT2D eigenvalue weighted by Crippen LogP contribution is 2.51. The molecule has 38 heavy (non-hydrogen) atoms. The molecule has 4 rings (SSSR count). The summed E-state index contributed by atoms with van der Waals surface area (Å²) < 4.78 is 25.8. The van der Waals surface area contributed by atoms with Crippen LogP contribution in [0.4, 0.5) is 5.69 Å². The average molecular weight is 539 g/mol. The van der Waals surface area contributed by atoms with Gasteiger partial charge in [0.25, 0.3) is 14.2 Å². The van der Waals surface area contributed by atoms with E-state index in [1.807, 2.05) is 0 Å². The third-order valence-corrected chi connectivity index (χ3v) is 8.69. The molecule has 1 unspecified atom stereocenters. The molecular weight excluding hydrogens is 503 g/mol. The molecule has 3 aromatic carbocycles. The van der Waals surface area contributed by atoms with Crippen LogP contribution in [-0.4, -0.2) is 42.5 Å². The zero-order valence-corrected chi connectivity index (χ0v) is 23.6. The van der Waals surface area contributed by atoms with Gasteiger partial charge in [-0.15, -0.1) is 0 Å². The van der Waals surface area contributed by atoms with Crippen molar-refractivity contribution in [1.82, 2.24) is 4.67 Å². The molecule has 1 atom stereocenters. The minimum Gasteiger partial charge on any atom is -0.493 e. The minimum atomic E-state index is -1.54. The summed E-state index contributed by atoms with van der Waals surface area (Å²) in [6.07, 6.45) is 0. The summed E-state index contributed by atoms with van der Waals surface area (Å²) in [4.78, 5) is 11.4. The van der Waals surface area contributed by atoms with Crippen molar-refractivity contribution in [3.63, 3.8) is 0 Å². The van der Waals surface area contributed by atoms with Gasteiger partial charge in [0.15, 0.2) is 11.5 Å². The van der Waals surface area contributed by atoms with Crippen molar-refractivity contribution in [2.75, 3.05) is 20.8 Å². The second kappa shape index (κ2) is 12.2. The second-order valence-electron chi connectivity index (χ2n) is 9.69. The van der Waals surface area contributed by atoms with Gasteiger partial charge in [0.05, 0.1) is 44.0 Å². The Morgan fingerprint density at radius 1 is 0.868 bits per heavy atom. The number of hydrogen-bond acceptors (Lipinski definition) is 7. The summed E-state index contributed by atoms with van der Waals surface area (Å²) in [5, 5.41) is 11.8. The fourth-order valence-corrected chi connectivity index (χ4v) is 6.66. The number of nitro groups is 1. The third-order valence-electron chi connectivity index (χ3n) is 6.67. The summed E-state index contributed by atoms with van der Waals surface area (Å²) in [5.41, 5.74) is 5.24. The summed E-state index contributed by atoms with van der Waals surface area (Å²) in [7, 11) is 1.41. The van der Waals surface area contributed by atoms with Gasteiger partial charge < -0.3 is 18.5 Å². The SMILES string of the molecule is COc1cc(COP(OCC2c3ccccc3-c3ccccc32)N(C(C)C)C(C)C)c([N+](=O)[O-])cc1OC. The fourth-order valence-electron chi connectivity index (χ4n) is 5.04. The normalized spacial score (nSPS) is 13.6. The largest absolute Gasteiger partial charge is 0.493 e. The number of nitrogens with zero attached hydrogens (tertiary/aromatic N) is 2. The molecular formula is C29H35N2O6P. The summed E-state index contributed by atoms with van der Waals surface area (Å²) in [6, 6.07) is 20.1. The van der Waals surface area contributed by atoms with Crippen LogP contribution in [0.25, 0.3) is 11.1 Å². The highest BCUT2D eigenvalue weighted by atomic mass is 31.2. The van der Waals surface area contributed by atoms with Crippen LogP contribution in [0.2, 0.25) is 0 Å². The molecule has 8 nitrogen and oxygen atoms in total. The van der Waals surface area contributed by atoms with E-state index in [9.17, 15) is 10.1 Å². The first-order valence-corrected chi connectivity index (χ1v) is 13.8. The topological polar surface area (TPSA) is 83.3 Å². The molecule has 0 saturated heterocycles. The van der Waals surface area contributed by atoms with Crippen molar-refractivity contribution in [2.24, 2.45) is 0 Å². The predicted molar refractivity (Wildman–Crippen MR) is 150 cm³/mol. The van der Waals surface area contributed by atoms with E-state index in [0.29, 0.717) is 23.7 Å². The summed E-state index contributed by atoms with van der Waals surface area (Å²) in [5.74, 6) is 0.782. The molecule has 3 aromatic rings. The van der Waals surface area contributed by atoms with Gasteiger partial charge in [-0.3, -0.25) is 10.1 Å². The van der Waals surface area contributed by atoms with Gasteiger partial charge >= 0.3 is 0 Å². The Hall–Kier alpha value is -3.03. The molecule has 0 aromatic heterocycles. The molecule has 1 aliphatic rings. The van der Waals surface area contributed by atoms with Gasteiger partial charge in [-0.25, -0.2) is 4.67 Å². The fraction of sp³-hybridized carbons (Fsp3) is 0.379. The number of fused-ring (bicyclic) bond motifs is 3. The quantitative estimate of drug-likeness (QED) is 0.136. The van der Waals surface area contributed by atoms with E-state index >= 15 is 0 Å². The van der Waals surface area contributed by atoms with Crippen LogP contribution in [0.3, 0.4) is 0 Å². The molecule has 0 spiro atoms. The van der Waals surface area contributed by atoms with Crippen LogP contribution in [0, 0.1) is 10.1 Å². The van der Waals surface area contributed by atoms with Gasteiger partial charge in [-0.05, 0) is 56.0 Å². The number of benzene rings is 3. The monoisotopic (exact) mass is 538 g/mol. The van der Waals surface area contributed by atoms with Crippen LogP contribution in [0.1, 0.15) is 50.3 Å². The lowest BCUT2D eigenvalue weighted by Crippen LogP contribution is -2.34. The number of nitro benzene ring substituents is 1. The lowest BCUT2D eigenvalue weighted by Gasteiger charge is -2.36. The molecule has 0 bridgehead atoms. The summed E-state index contributed by atoms with van der Waals surface area (Å²) >= 11 is 0. The van der Waals surface area contributed by atoms with E-state index in [-0.39, 0.29) is 30.3 Å². The molecule has 202 valence electrons. The molecule has 0 amide bonds. The van der Waals surface area contributed by atoms with Gasteiger partial charge in [0.1, 0.15) is 0 Å². The van der Waals surface area contributed by atoms with Crippen LogP contribution >= 0.6 is 8.53 Å². The predicted octanol–water partition coefficient (Wildman–Crippen LogP) is 7.30. The van der Waals surface area contributed by atoms with Crippen LogP contribution in [0.5, 0.6) is 11.5 Å². The van der Waals surface area contributed by atoms with E-state index in [1.165, 1.54) is 42.5 Å². The lowest BCUT2D eigenvalue weighted by atomic mass is 9.98. The smallest absolute Gasteiger partial charge is 0.278 e. The number of ether oxygens (including phenoxy) is 2. The molecule has 0 N–H and O–H groups in total. The zero-order valence-electron chi connectivity index (χ0n) is 22.7. The Kier molecular flexibility index (Phi) is 9.00. The van der Waals surface area contributed by atoms with Crippen molar-refractivity contribution in [3.8, 4) is 22.6 Å². The third kappa shape index (κ3) is 5.69. The van der Waals surface area contributed by atoms with Crippen molar-refractivity contribution in [3.05, 3.63) is 87.5 Å². The highest BCUT2D eigenvalue weighted by molar-refractivity contribution is 7.44. The number of rotatable bonds is 12. The number of methoxy groups -OCH3 is 2. The Balaban J connectivity index is 1.62. The van der Waals surface area contributed by atoms with E-state index in [4.69, 9.17) is 18.5 Å². The van der Waals surface area contributed by atoms with Gasteiger partial charge in [0.2, 0.25) is 0 Å². The molecule has 0 fully saturated rings. The standard InChI is InChI=1S/C29H35N2O6P/c1-19(2)30(20(3)4)38(36-17-21-15-28(34-5)29(35-6)16-27(21)31(32)33)37-18-26-24-13-9-7-11-22(24)23-12-8-10-14-25(23)26/h7-16,19-20,26H,17-18H2,1-6H3. The highest BCUT2D eigenvalue weighted by Gasteiger charge is 2.33. The Labute approximate surface area is 225 Å². The van der Waals surface area contributed by atoms with Crippen molar-refractivity contribution < 1.29 is 23.4 Å². The van der Waals surface area contributed by atoms with Crippen molar-refractivity contribution in [1.29, 1.82) is 0 Å². The Morgan fingerprint density at radius 3 is 1.89 bits per heavy atom. The summed E-state index contributed by atoms with van der Waals surface area (Å²) in [6.45, 7) is 8.82. The van der Waals surface area contributed by atoms with Gasteiger partial charge in [0, 0.05) is 18.0 Å². The van der Waals surface area contributed by atoms with Gasteiger partial charge in [-0.2, -0.15) is 0 Å². The molecule has 0 saturated carbocycles. The molecule has 0 aliphatic heterocycles. The maximum absolute atomic E-state index is 11.8. The second-order valence-corrected chi connectivity index (χ2v) is 11.1. The van der Waals surface area contributed by atoms with Crippen LogP contribution in [-0.2, 0) is 15.7 Å². The Morgan fingerprint density at radius 2 is 1.39 bits per heavy atom. The Bertz CT molecular complexity index is 1230. The molecule has 9 heteroatoms.